The lowest BCUT2D eigenvalue weighted by molar-refractivity contribution is 0.183. The highest BCUT2D eigenvalue weighted by Gasteiger charge is 1.97. The van der Waals surface area contributed by atoms with Crippen molar-refractivity contribution in [2.24, 2.45) is 0 Å². The summed E-state index contributed by atoms with van der Waals surface area (Å²) in [5.74, 6) is -0.481. The molecule has 1 heterocycles. The Hall–Kier alpha value is -1.16. The molecular weight excluding hydrogens is 183 g/mol. The maximum absolute atomic E-state index is 12.6. The van der Waals surface area contributed by atoms with Crippen LogP contribution in [0.4, 0.5) is 10.1 Å². The standard InChI is InChI=1S/C10H15FN2O/c1-8(14)3-2-5-12-9-4-6-13-10(11)7-9/h4,6-8,14H,2-3,5H2,1H3,(H,12,13). The molecule has 4 heteroatoms. The molecule has 0 saturated heterocycles. The van der Waals surface area contributed by atoms with Gasteiger partial charge in [0.15, 0.2) is 0 Å². The number of hydrogen-bond acceptors (Lipinski definition) is 3. The van der Waals surface area contributed by atoms with Crippen molar-refractivity contribution in [2.75, 3.05) is 11.9 Å². The summed E-state index contributed by atoms with van der Waals surface area (Å²) in [7, 11) is 0. The molecule has 1 atom stereocenters. The molecule has 0 radical (unpaired) electrons. The molecule has 0 fully saturated rings. The van der Waals surface area contributed by atoms with Crippen molar-refractivity contribution in [3.8, 4) is 0 Å². The molecule has 0 aliphatic heterocycles. The lowest BCUT2D eigenvalue weighted by atomic mass is 10.2. The van der Waals surface area contributed by atoms with E-state index in [1.807, 2.05) is 0 Å². The van der Waals surface area contributed by atoms with Crippen molar-refractivity contribution in [1.29, 1.82) is 0 Å². The van der Waals surface area contributed by atoms with E-state index in [1.54, 1.807) is 13.0 Å². The Bertz CT molecular complexity index is 279. The van der Waals surface area contributed by atoms with Gasteiger partial charge in [0.2, 0.25) is 5.95 Å². The van der Waals surface area contributed by atoms with Crippen molar-refractivity contribution < 1.29 is 9.50 Å². The van der Waals surface area contributed by atoms with Gasteiger partial charge in [-0.3, -0.25) is 0 Å². The van der Waals surface area contributed by atoms with Crippen molar-refractivity contribution >= 4 is 5.69 Å². The average Bonchev–Trinajstić information content (AvgIpc) is 2.12. The van der Waals surface area contributed by atoms with Gasteiger partial charge in [0.25, 0.3) is 0 Å². The minimum absolute atomic E-state index is 0.272. The quantitative estimate of drug-likeness (QED) is 0.560. The highest BCUT2D eigenvalue weighted by atomic mass is 19.1. The average molecular weight is 198 g/mol. The maximum atomic E-state index is 12.6. The van der Waals surface area contributed by atoms with E-state index in [1.165, 1.54) is 12.3 Å². The van der Waals surface area contributed by atoms with Crippen LogP contribution in [-0.2, 0) is 0 Å². The molecule has 2 N–H and O–H groups in total. The zero-order valence-corrected chi connectivity index (χ0v) is 8.20. The van der Waals surface area contributed by atoms with Crippen LogP contribution in [0.15, 0.2) is 18.3 Å². The molecule has 1 aromatic rings. The zero-order valence-electron chi connectivity index (χ0n) is 8.20. The molecule has 14 heavy (non-hydrogen) atoms. The fourth-order valence-electron chi connectivity index (χ4n) is 1.14. The van der Waals surface area contributed by atoms with Gasteiger partial charge >= 0.3 is 0 Å². The van der Waals surface area contributed by atoms with E-state index >= 15 is 0 Å². The van der Waals surface area contributed by atoms with Gasteiger partial charge in [0.05, 0.1) is 6.10 Å². The number of aliphatic hydroxyl groups is 1. The van der Waals surface area contributed by atoms with Gasteiger partial charge in [-0.05, 0) is 25.8 Å². The van der Waals surface area contributed by atoms with E-state index < -0.39 is 5.95 Å². The number of hydrogen-bond donors (Lipinski definition) is 2. The number of anilines is 1. The van der Waals surface area contributed by atoms with E-state index in [-0.39, 0.29) is 6.10 Å². The van der Waals surface area contributed by atoms with Crippen LogP contribution >= 0.6 is 0 Å². The highest BCUT2D eigenvalue weighted by molar-refractivity contribution is 5.40. The monoisotopic (exact) mass is 198 g/mol. The van der Waals surface area contributed by atoms with Gasteiger partial charge in [-0.15, -0.1) is 0 Å². The lowest BCUT2D eigenvalue weighted by Gasteiger charge is -2.06. The summed E-state index contributed by atoms with van der Waals surface area (Å²) in [6.45, 7) is 2.49. The number of rotatable bonds is 5. The first-order chi connectivity index (χ1) is 6.68. The van der Waals surface area contributed by atoms with E-state index in [4.69, 9.17) is 5.11 Å². The molecule has 0 aliphatic rings. The van der Waals surface area contributed by atoms with Crippen molar-refractivity contribution in [3.63, 3.8) is 0 Å². The summed E-state index contributed by atoms with van der Waals surface area (Å²) in [5, 5.41) is 12.0. The SMILES string of the molecule is CC(O)CCCNc1ccnc(F)c1. The topological polar surface area (TPSA) is 45.1 Å². The third-order valence-electron chi connectivity index (χ3n) is 1.85. The Balaban J connectivity index is 2.25. The molecule has 1 aromatic heterocycles. The molecule has 0 amide bonds. The first kappa shape index (κ1) is 10.9. The fraction of sp³-hybridized carbons (Fsp3) is 0.500. The summed E-state index contributed by atoms with van der Waals surface area (Å²) in [5.41, 5.74) is 0.725. The van der Waals surface area contributed by atoms with E-state index in [2.05, 4.69) is 10.3 Å². The van der Waals surface area contributed by atoms with Gasteiger partial charge in [-0.1, -0.05) is 0 Å². The summed E-state index contributed by atoms with van der Waals surface area (Å²) in [6, 6.07) is 3.06. The molecule has 1 rings (SSSR count). The highest BCUT2D eigenvalue weighted by Crippen LogP contribution is 2.07. The molecule has 78 valence electrons. The van der Waals surface area contributed by atoms with E-state index in [0.717, 1.165) is 25.1 Å². The molecule has 0 aliphatic carbocycles. The Morgan fingerprint density at radius 3 is 3.07 bits per heavy atom. The minimum atomic E-state index is -0.481. The second-order valence-electron chi connectivity index (χ2n) is 3.29. The largest absolute Gasteiger partial charge is 0.393 e. The van der Waals surface area contributed by atoms with Crippen LogP contribution in [0.2, 0.25) is 0 Å². The van der Waals surface area contributed by atoms with Gasteiger partial charge in [-0.25, -0.2) is 4.98 Å². The number of nitrogens with one attached hydrogen (secondary N) is 1. The first-order valence-electron chi connectivity index (χ1n) is 4.72. The number of aliphatic hydroxyl groups excluding tert-OH is 1. The molecule has 1 unspecified atom stereocenters. The number of halogens is 1. The van der Waals surface area contributed by atoms with Crippen LogP contribution in [0.3, 0.4) is 0 Å². The molecule has 0 saturated carbocycles. The second kappa shape index (κ2) is 5.54. The van der Waals surface area contributed by atoms with Crippen LogP contribution in [0.1, 0.15) is 19.8 Å². The molecule has 0 spiro atoms. The van der Waals surface area contributed by atoms with Crippen LogP contribution in [0.5, 0.6) is 0 Å². The van der Waals surface area contributed by atoms with Crippen LogP contribution in [0, 0.1) is 5.95 Å². The van der Waals surface area contributed by atoms with Crippen LogP contribution in [0.25, 0.3) is 0 Å². The summed E-state index contributed by atoms with van der Waals surface area (Å²) >= 11 is 0. The van der Waals surface area contributed by atoms with Gasteiger partial charge < -0.3 is 10.4 Å². The molecule has 0 aromatic carbocycles. The summed E-state index contributed by atoms with van der Waals surface area (Å²) < 4.78 is 12.6. The summed E-state index contributed by atoms with van der Waals surface area (Å²) in [4.78, 5) is 3.45. The van der Waals surface area contributed by atoms with E-state index in [9.17, 15) is 4.39 Å². The lowest BCUT2D eigenvalue weighted by Crippen LogP contribution is -2.06. The first-order valence-corrected chi connectivity index (χ1v) is 4.72. The van der Waals surface area contributed by atoms with Crippen molar-refractivity contribution in [1.82, 2.24) is 4.98 Å². The molecule has 3 nitrogen and oxygen atoms in total. The van der Waals surface area contributed by atoms with Gasteiger partial charge in [0, 0.05) is 24.5 Å². The van der Waals surface area contributed by atoms with Gasteiger partial charge in [-0.2, -0.15) is 4.39 Å². The number of nitrogens with zero attached hydrogens (tertiary/aromatic N) is 1. The molecule has 0 bridgehead atoms. The second-order valence-corrected chi connectivity index (χ2v) is 3.29. The smallest absolute Gasteiger partial charge is 0.214 e. The normalized spacial score (nSPS) is 12.5. The van der Waals surface area contributed by atoms with Crippen LogP contribution in [-0.4, -0.2) is 22.7 Å². The fourth-order valence-corrected chi connectivity index (χ4v) is 1.14. The molecular formula is C10H15FN2O. The third kappa shape index (κ3) is 4.18. The number of pyridine rings is 1. The Morgan fingerprint density at radius 1 is 1.64 bits per heavy atom. The van der Waals surface area contributed by atoms with E-state index in [0.29, 0.717) is 0 Å². The Labute approximate surface area is 83.0 Å². The van der Waals surface area contributed by atoms with Gasteiger partial charge in [0.1, 0.15) is 0 Å². The van der Waals surface area contributed by atoms with Crippen molar-refractivity contribution in [3.05, 3.63) is 24.3 Å². The maximum Gasteiger partial charge on any atom is 0.214 e. The predicted octanol–water partition coefficient (Wildman–Crippen LogP) is 1.79. The number of aromatic nitrogens is 1. The summed E-state index contributed by atoms with van der Waals surface area (Å²) in [6.07, 6.45) is 2.76. The zero-order chi connectivity index (χ0) is 10.4. The van der Waals surface area contributed by atoms with Crippen molar-refractivity contribution in [2.45, 2.75) is 25.9 Å². The van der Waals surface area contributed by atoms with Crippen LogP contribution < -0.4 is 5.32 Å². The minimum Gasteiger partial charge on any atom is -0.393 e. The predicted molar refractivity (Wildman–Crippen MR) is 53.6 cm³/mol. The third-order valence-corrected chi connectivity index (χ3v) is 1.85. The Morgan fingerprint density at radius 2 is 2.43 bits per heavy atom. The Kier molecular flexibility index (Phi) is 4.32.